The third-order valence-electron chi connectivity index (χ3n) is 2.97. The largest absolute Gasteiger partial charge is 0.468 e. The highest BCUT2D eigenvalue weighted by Crippen LogP contribution is 2.12. The average molecular weight is 291 g/mol. The topological polar surface area (TPSA) is 77.6 Å². The summed E-state index contributed by atoms with van der Waals surface area (Å²) in [6, 6.07) is 5.13. The Hall–Kier alpha value is -2.57. The zero-order valence-corrected chi connectivity index (χ0v) is 12.0. The Labute approximate surface area is 122 Å². The van der Waals surface area contributed by atoms with E-state index in [0.29, 0.717) is 18.8 Å². The Morgan fingerprint density at radius 2 is 2.24 bits per heavy atom. The fourth-order valence-corrected chi connectivity index (χ4v) is 1.83. The van der Waals surface area contributed by atoms with Gasteiger partial charge in [-0.3, -0.25) is 14.3 Å². The minimum Gasteiger partial charge on any atom is -0.468 e. The molecule has 0 bridgehead atoms. The summed E-state index contributed by atoms with van der Waals surface area (Å²) in [6.45, 7) is 2.53. The van der Waals surface area contributed by atoms with E-state index in [1.807, 2.05) is 6.07 Å². The molecule has 0 fully saturated rings. The molecule has 0 saturated carbocycles. The molecule has 21 heavy (non-hydrogen) atoms. The molecule has 112 valence electrons. The molecule has 2 aromatic heterocycles. The molecule has 0 aromatic carbocycles. The van der Waals surface area contributed by atoms with Gasteiger partial charge in [0.2, 0.25) is 0 Å². The smallest absolute Gasteiger partial charge is 0.325 e. The quantitative estimate of drug-likeness (QED) is 0.746. The number of nitrogens with zero attached hydrogens (tertiary/aromatic N) is 3. The van der Waals surface area contributed by atoms with Crippen LogP contribution in [-0.2, 0) is 16.1 Å². The van der Waals surface area contributed by atoms with Gasteiger partial charge in [-0.1, -0.05) is 0 Å². The standard InChI is InChI=1S/C14H17N3O4/c1-3-16(10-13(18)20-2)14(19)12-6-5-11(21-12)9-17-8-4-7-15-17/h4-8H,3,9-10H2,1-2H3. The lowest BCUT2D eigenvalue weighted by Crippen LogP contribution is -2.35. The molecule has 0 aliphatic rings. The van der Waals surface area contributed by atoms with Gasteiger partial charge in [0, 0.05) is 18.9 Å². The highest BCUT2D eigenvalue weighted by molar-refractivity contribution is 5.93. The molecule has 1 amide bonds. The first-order valence-corrected chi connectivity index (χ1v) is 6.56. The van der Waals surface area contributed by atoms with Crippen molar-refractivity contribution in [2.45, 2.75) is 13.5 Å². The number of aromatic nitrogens is 2. The molecule has 7 nitrogen and oxygen atoms in total. The molecular weight excluding hydrogens is 274 g/mol. The molecule has 2 heterocycles. The molecule has 7 heteroatoms. The van der Waals surface area contributed by atoms with Crippen molar-refractivity contribution < 1.29 is 18.7 Å². The van der Waals surface area contributed by atoms with Gasteiger partial charge in [0.15, 0.2) is 5.76 Å². The molecular formula is C14H17N3O4. The lowest BCUT2D eigenvalue weighted by molar-refractivity contribution is -0.141. The number of likely N-dealkylation sites (N-methyl/N-ethyl adjacent to an activating group) is 1. The minimum absolute atomic E-state index is 0.0962. The Bertz CT molecular complexity index is 604. The number of hydrogen-bond donors (Lipinski definition) is 0. The second kappa shape index (κ2) is 6.74. The molecule has 0 atom stereocenters. The Morgan fingerprint density at radius 1 is 1.43 bits per heavy atom. The van der Waals surface area contributed by atoms with Crippen LogP contribution in [0.2, 0.25) is 0 Å². The van der Waals surface area contributed by atoms with Crippen molar-refractivity contribution in [3.63, 3.8) is 0 Å². The summed E-state index contributed by atoms with van der Waals surface area (Å²) >= 11 is 0. The number of esters is 1. The van der Waals surface area contributed by atoms with E-state index >= 15 is 0 Å². The zero-order chi connectivity index (χ0) is 15.2. The molecule has 0 aliphatic heterocycles. The summed E-state index contributed by atoms with van der Waals surface area (Å²) in [5, 5.41) is 4.07. The third kappa shape index (κ3) is 3.71. The van der Waals surface area contributed by atoms with E-state index in [9.17, 15) is 9.59 Å². The van der Waals surface area contributed by atoms with Crippen LogP contribution in [0, 0.1) is 0 Å². The molecule has 0 radical (unpaired) electrons. The summed E-state index contributed by atoms with van der Waals surface area (Å²) in [7, 11) is 1.29. The van der Waals surface area contributed by atoms with Crippen molar-refractivity contribution in [3.8, 4) is 0 Å². The number of rotatable bonds is 6. The lowest BCUT2D eigenvalue weighted by Gasteiger charge is -2.17. The number of furan rings is 1. The van der Waals surface area contributed by atoms with Crippen LogP contribution in [-0.4, -0.2) is 46.8 Å². The van der Waals surface area contributed by atoms with E-state index in [1.54, 1.807) is 36.1 Å². The summed E-state index contributed by atoms with van der Waals surface area (Å²) < 4.78 is 11.8. The van der Waals surface area contributed by atoms with Gasteiger partial charge >= 0.3 is 5.97 Å². The summed E-state index contributed by atoms with van der Waals surface area (Å²) in [6.07, 6.45) is 3.48. The maximum absolute atomic E-state index is 12.2. The van der Waals surface area contributed by atoms with Gasteiger partial charge in [-0.15, -0.1) is 0 Å². The molecule has 0 N–H and O–H groups in total. The Balaban J connectivity index is 2.05. The van der Waals surface area contributed by atoms with Crippen molar-refractivity contribution >= 4 is 11.9 Å². The van der Waals surface area contributed by atoms with Crippen LogP contribution >= 0.6 is 0 Å². The first-order chi connectivity index (χ1) is 10.1. The molecule has 0 spiro atoms. The summed E-state index contributed by atoms with van der Waals surface area (Å²) in [5.41, 5.74) is 0. The van der Waals surface area contributed by atoms with E-state index in [2.05, 4.69) is 9.84 Å². The fraction of sp³-hybridized carbons (Fsp3) is 0.357. The van der Waals surface area contributed by atoms with Gasteiger partial charge in [0.1, 0.15) is 12.3 Å². The van der Waals surface area contributed by atoms with Crippen LogP contribution in [0.1, 0.15) is 23.2 Å². The monoisotopic (exact) mass is 291 g/mol. The highest BCUT2D eigenvalue weighted by atomic mass is 16.5. The lowest BCUT2D eigenvalue weighted by atomic mass is 10.3. The van der Waals surface area contributed by atoms with Crippen molar-refractivity contribution in [1.29, 1.82) is 0 Å². The van der Waals surface area contributed by atoms with E-state index in [4.69, 9.17) is 4.42 Å². The first-order valence-electron chi connectivity index (χ1n) is 6.56. The third-order valence-corrected chi connectivity index (χ3v) is 2.97. The zero-order valence-electron chi connectivity index (χ0n) is 12.0. The van der Waals surface area contributed by atoms with E-state index in [-0.39, 0.29) is 18.2 Å². The minimum atomic E-state index is -0.464. The second-order valence-corrected chi connectivity index (χ2v) is 4.37. The van der Waals surface area contributed by atoms with Crippen molar-refractivity contribution in [2.24, 2.45) is 0 Å². The van der Waals surface area contributed by atoms with Crippen LogP contribution in [0.15, 0.2) is 35.0 Å². The normalized spacial score (nSPS) is 10.4. The molecule has 0 aliphatic carbocycles. The summed E-state index contributed by atoms with van der Waals surface area (Å²) in [4.78, 5) is 24.9. The molecule has 2 aromatic rings. The summed E-state index contributed by atoms with van der Waals surface area (Å²) in [5.74, 6) is 0.0159. The number of ether oxygens (including phenoxy) is 1. The van der Waals surface area contributed by atoms with Crippen LogP contribution in [0.4, 0.5) is 0 Å². The van der Waals surface area contributed by atoms with Gasteiger partial charge in [0.05, 0.1) is 13.7 Å². The Kier molecular flexibility index (Phi) is 4.76. The predicted octanol–water partition coefficient (Wildman–Crippen LogP) is 1.16. The van der Waals surface area contributed by atoms with Crippen molar-refractivity contribution in [3.05, 3.63) is 42.1 Å². The SMILES string of the molecule is CCN(CC(=O)OC)C(=O)c1ccc(Cn2cccn2)o1. The average Bonchev–Trinajstić information content (AvgIpc) is 3.16. The fourth-order valence-electron chi connectivity index (χ4n) is 1.83. The Morgan fingerprint density at radius 3 is 2.86 bits per heavy atom. The van der Waals surface area contributed by atoms with Crippen molar-refractivity contribution in [2.75, 3.05) is 20.2 Å². The first kappa shape index (κ1) is 14.8. The van der Waals surface area contributed by atoms with Gasteiger partial charge < -0.3 is 14.1 Å². The number of carbonyl (C=O) groups is 2. The van der Waals surface area contributed by atoms with Gasteiger partial charge in [0.25, 0.3) is 5.91 Å². The molecule has 0 saturated heterocycles. The van der Waals surface area contributed by atoms with E-state index in [0.717, 1.165) is 0 Å². The van der Waals surface area contributed by atoms with Crippen LogP contribution in [0.3, 0.4) is 0 Å². The number of hydrogen-bond acceptors (Lipinski definition) is 5. The van der Waals surface area contributed by atoms with Gasteiger partial charge in [-0.05, 0) is 25.1 Å². The van der Waals surface area contributed by atoms with Gasteiger partial charge in [-0.2, -0.15) is 5.10 Å². The predicted molar refractivity (Wildman–Crippen MR) is 73.6 cm³/mol. The van der Waals surface area contributed by atoms with Crippen LogP contribution in [0.25, 0.3) is 0 Å². The van der Waals surface area contributed by atoms with Crippen LogP contribution in [0.5, 0.6) is 0 Å². The second-order valence-electron chi connectivity index (χ2n) is 4.37. The van der Waals surface area contributed by atoms with E-state index < -0.39 is 5.97 Å². The number of amides is 1. The van der Waals surface area contributed by atoms with Crippen LogP contribution < -0.4 is 0 Å². The number of methoxy groups -OCH3 is 1. The number of carbonyl (C=O) groups excluding carboxylic acids is 2. The maximum Gasteiger partial charge on any atom is 0.325 e. The highest BCUT2D eigenvalue weighted by Gasteiger charge is 2.20. The van der Waals surface area contributed by atoms with Gasteiger partial charge in [-0.25, -0.2) is 0 Å². The van der Waals surface area contributed by atoms with Crippen molar-refractivity contribution in [1.82, 2.24) is 14.7 Å². The molecule has 0 unspecified atom stereocenters. The molecule has 2 rings (SSSR count). The maximum atomic E-state index is 12.2. The van der Waals surface area contributed by atoms with E-state index in [1.165, 1.54) is 12.0 Å².